The van der Waals surface area contributed by atoms with Gasteiger partial charge in [0, 0.05) is 18.8 Å². The number of likely N-dealkylation sites (tertiary alicyclic amines) is 1. The van der Waals surface area contributed by atoms with Crippen LogP contribution in [0.5, 0.6) is 5.75 Å². The zero-order valence-electron chi connectivity index (χ0n) is 16.4. The maximum absolute atomic E-state index is 13.9. The first-order chi connectivity index (χ1) is 14.0. The number of carbonyl (C=O) groups excluding carboxylic acids is 1. The number of nitrogens with one attached hydrogen (secondary N) is 1. The molecule has 4 rings (SSSR count). The van der Waals surface area contributed by atoms with Crippen molar-refractivity contribution in [2.45, 2.75) is 32.3 Å². The fraction of sp³-hybridized carbons (Fsp3) is 0.364. The average molecular weight is 414 g/mol. The molecule has 0 bridgehead atoms. The van der Waals surface area contributed by atoms with E-state index in [9.17, 15) is 9.18 Å². The Balaban J connectivity index is 1.56. The zero-order chi connectivity index (χ0) is 20.4. The maximum atomic E-state index is 13.9. The normalized spacial score (nSPS) is 18.6. The highest BCUT2D eigenvalue weighted by molar-refractivity contribution is 7.80. The SMILES string of the molecule is Cc1ccc(NC(=S)N2C[C@@H](C(=O)N3CCCCC3)Oc3ccccc32)cc1F. The van der Waals surface area contributed by atoms with Gasteiger partial charge >= 0.3 is 0 Å². The van der Waals surface area contributed by atoms with Crippen LogP contribution in [0.15, 0.2) is 42.5 Å². The lowest BCUT2D eigenvalue weighted by molar-refractivity contribution is -0.139. The molecule has 7 heteroatoms. The van der Waals surface area contributed by atoms with Crippen molar-refractivity contribution in [1.82, 2.24) is 4.90 Å². The van der Waals surface area contributed by atoms with Crippen LogP contribution >= 0.6 is 12.2 Å². The number of hydrogen-bond donors (Lipinski definition) is 1. The van der Waals surface area contributed by atoms with Gasteiger partial charge in [-0.1, -0.05) is 18.2 Å². The Hall–Kier alpha value is -2.67. The molecule has 1 fully saturated rings. The smallest absolute Gasteiger partial charge is 0.265 e. The standard InChI is InChI=1S/C22H24FN3O2S/c1-15-9-10-16(13-17(15)23)24-22(29)26-14-20(21(27)25-11-5-2-6-12-25)28-19-8-4-3-7-18(19)26/h3-4,7-10,13,20H,2,5-6,11-12,14H2,1H3,(H,24,29)/t20-/m0/s1. The van der Waals surface area contributed by atoms with E-state index in [2.05, 4.69) is 5.32 Å². The first-order valence-corrected chi connectivity index (χ1v) is 10.3. The molecule has 1 atom stereocenters. The number of carbonyl (C=O) groups is 1. The summed E-state index contributed by atoms with van der Waals surface area (Å²) in [5.74, 6) is 0.319. The number of fused-ring (bicyclic) bond motifs is 1. The van der Waals surface area contributed by atoms with Gasteiger partial charge in [0.25, 0.3) is 5.91 Å². The van der Waals surface area contributed by atoms with Gasteiger partial charge in [-0.25, -0.2) is 4.39 Å². The van der Waals surface area contributed by atoms with E-state index in [-0.39, 0.29) is 11.7 Å². The third-order valence-corrected chi connectivity index (χ3v) is 5.71. The fourth-order valence-electron chi connectivity index (χ4n) is 3.73. The molecule has 0 unspecified atom stereocenters. The molecule has 5 nitrogen and oxygen atoms in total. The molecule has 0 saturated carbocycles. The number of para-hydroxylation sites is 2. The predicted octanol–water partition coefficient (Wildman–Crippen LogP) is 4.11. The van der Waals surface area contributed by atoms with Gasteiger partial charge in [-0.15, -0.1) is 0 Å². The lowest BCUT2D eigenvalue weighted by Crippen LogP contribution is -2.53. The molecule has 1 saturated heterocycles. The monoisotopic (exact) mass is 413 g/mol. The van der Waals surface area contributed by atoms with Crippen molar-refractivity contribution in [2.24, 2.45) is 0 Å². The molecule has 152 valence electrons. The summed E-state index contributed by atoms with van der Waals surface area (Å²) in [7, 11) is 0. The Bertz CT molecular complexity index is 930. The molecule has 2 aromatic carbocycles. The minimum atomic E-state index is -0.627. The summed E-state index contributed by atoms with van der Waals surface area (Å²) in [4.78, 5) is 16.8. The molecular weight excluding hydrogens is 389 g/mol. The molecule has 1 N–H and O–H groups in total. The van der Waals surface area contributed by atoms with Crippen molar-refractivity contribution < 1.29 is 13.9 Å². The van der Waals surface area contributed by atoms with Crippen LogP contribution in [0.2, 0.25) is 0 Å². The first kappa shape index (κ1) is 19.6. The third-order valence-electron chi connectivity index (χ3n) is 5.39. The van der Waals surface area contributed by atoms with Gasteiger partial charge in [0.1, 0.15) is 11.6 Å². The topological polar surface area (TPSA) is 44.8 Å². The van der Waals surface area contributed by atoms with Crippen LogP contribution in [0.25, 0.3) is 0 Å². The third kappa shape index (κ3) is 4.19. The molecule has 0 radical (unpaired) electrons. The number of thiocarbonyl (C=S) groups is 1. The van der Waals surface area contributed by atoms with Crippen molar-refractivity contribution in [3.8, 4) is 5.75 Å². The van der Waals surface area contributed by atoms with E-state index in [0.29, 0.717) is 28.7 Å². The second-order valence-electron chi connectivity index (χ2n) is 7.46. The highest BCUT2D eigenvalue weighted by Gasteiger charge is 2.35. The second-order valence-corrected chi connectivity index (χ2v) is 7.85. The summed E-state index contributed by atoms with van der Waals surface area (Å²) in [6, 6.07) is 12.4. The number of anilines is 2. The predicted molar refractivity (Wildman–Crippen MR) is 116 cm³/mol. The fourth-order valence-corrected chi connectivity index (χ4v) is 4.03. The number of halogens is 1. The molecule has 0 aliphatic carbocycles. The summed E-state index contributed by atoms with van der Waals surface area (Å²) < 4.78 is 19.9. The second kappa shape index (κ2) is 8.37. The first-order valence-electron chi connectivity index (χ1n) is 9.92. The minimum absolute atomic E-state index is 0.00613. The van der Waals surface area contributed by atoms with Gasteiger partial charge in [-0.3, -0.25) is 4.79 Å². The van der Waals surface area contributed by atoms with Crippen LogP contribution in [0.4, 0.5) is 15.8 Å². The quantitative estimate of drug-likeness (QED) is 0.751. The van der Waals surface area contributed by atoms with Gasteiger partial charge in [-0.05, 0) is 68.2 Å². The zero-order valence-corrected chi connectivity index (χ0v) is 17.2. The van der Waals surface area contributed by atoms with Crippen molar-refractivity contribution in [3.05, 3.63) is 53.8 Å². The molecule has 29 heavy (non-hydrogen) atoms. The summed E-state index contributed by atoms with van der Waals surface area (Å²) in [6.07, 6.45) is 2.58. The van der Waals surface area contributed by atoms with Crippen molar-refractivity contribution in [3.63, 3.8) is 0 Å². The van der Waals surface area contributed by atoms with Gasteiger partial charge in [-0.2, -0.15) is 0 Å². The van der Waals surface area contributed by atoms with E-state index >= 15 is 0 Å². The average Bonchev–Trinajstić information content (AvgIpc) is 2.75. The number of nitrogens with zero attached hydrogens (tertiary/aromatic N) is 2. The molecule has 0 spiro atoms. The van der Waals surface area contributed by atoms with E-state index in [1.54, 1.807) is 19.1 Å². The molecular formula is C22H24FN3O2S. The number of benzene rings is 2. The summed E-state index contributed by atoms with van der Waals surface area (Å²) in [5.41, 5.74) is 1.94. The van der Waals surface area contributed by atoms with Crippen molar-refractivity contribution >= 4 is 34.6 Å². The van der Waals surface area contributed by atoms with Gasteiger partial charge in [0.15, 0.2) is 11.2 Å². The largest absolute Gasteiger partial charge is 0.476 e. The van der Waals surface area contributed by atoms with Crippen LogP contribution in [0, 0.1) is 12.7 Å². The highest BCUT2D eigenvalue weighted by Crippen LogP contribution is 2.34. The molecule has 2 aliphatic rings. The maximum Gasteiger partial charge on any atom is 0.265 e. The lowest BCUT2D eigenvalue weighted by Gasteiger charge is -2.38. The Morgan fingerprint density at radius 1 is 1.17 bits per heavy atom. The molecule has 2 aromatic rings. The molecule has 2 heterocycles. The van der Waals surface area contributed by atoms with E-state index in [1.807, 2.05) is 34.1 Å². The molecule has 2 aliphatic heterocycles. The van der Waals surface area contributed by atoms with E-state index in [1.165, 1.54) is 6.07 Å². The lowest BCUT2D eigenvalue weighted by atomic mass is 10.1. The van der Waals surface area contributed by atoms with Crippen LogP contribution in [-0.2, 0) is 4.79 Å². The minimum Gasteiger partial charge on any atom is -0.476 e. The van der Waals surface area contributed by atoms with Crippen LogP contribution < -0.4 is 15.0 Å². The highest BCUT2D eigenvalue weighted by atomic mass is 32.1. The number of ether oxygens (including phenoxy) is 1. The Labute approximate surface area is 175 Å². The Kier molecular flexibility index (Phi) is 5.67. The van der Waals surface area contributed by atoms with Gasteiger partial charge in [0.05, 0.1) is 12.2 Å². The number of hydrogen-bond acceptors (Lipinski definition) is 3. The molecule has 1 amide bonds. The number of amides is 1. The van der Waals surface area contributed by atoms with Crippen molar-refractivity contribution in [1.29, 1.82) is 0 Å². The van der Waals surface area contributed by atoms with E-state index in [0.717, 1.165) is 38.0 Å². The van der Waals surface area contributed by atoms with Crippen LogP contribution in [0.3, 0.4) is 0 Å². The number of piperidine rings is 1. The Morgan fingerprint density at radius 2 is 1.93 bits per heavy atom. The molecule has 0 aromatic heterocycles. The van der Waals surface area contributed by atoms with E-state index in [4.69, 9.17) is 17.0 Å². The summed E-state index contributed by atoms with van der Waals surface area (Å²) in [5, 5.41) is 3.50. The van der Waals surface area contributed by atoms with Gasteiger partial charge < -0.3 is 19.9 Å². The number of rotatable bonds is 2. The van der Waals surface area contributed by atoms with Crippen LogP contribution in [-0.4, -0.2) is 41.7 Å². The Morgan fingerprint density at radius 3 is 2.69 bits per heavy atom. The van der Waals surface area contributed by atoms with Crippen molar-refractivity contribution in [2.75, 3.05) is 29.9 Å². The number of aryl methyl sites for hydroxylation is 1. The van der Waals surface area contributed by atoms with Crippen LogP contribution in [0.1, 0.15) is 24.8 Å². The van der Waals surface area contributed by atoms with Gasteiger partial charge in [0.2, 0.25) is 0 Å². The summed E-state index contributed by atoms with van der Waals surface area (Å²) >= 11 is 5.62. The van der Waals surface area contributed by atoms with E-state index < -0.39 is 6.10 Å². The summed E-state index contributed by atoms with van der Waals surface area (Å²) in [6.45, 7) is 3.57.